The summed E-state index contributed by atoms with van der Waals surface area (Å²) in [7, 11) is 0. The minimum atomic E-state index is -5.08. The maximum absolute atomic E-state index is 10.6. The lowest BCUT2D eigenvalue weighted by Gasteiger charge is -2.38. The van der Waals surface area contributed by atoms with Crippen LogP contribution in [-0.2, 0) is 20.9 Å². The lowest BCUT2D eigenvalue weighted by atomic mass is 10.1. The van der Waals surface area contributed by atoms with E-state index >= 15 is 0 Å². The van der Waals surface area contributed by atoms with Gasteiger partial charge in [-0.3, -0.25) is 9.88 Å². The molecule has 2 aliphatic rings. The number of rotatable bonds is 4. The molecule has 0 unspecified atom stereocenters. The molecule has 1 saturated heterocycles. The Morgan fingerprint density at radius 3 is 2.27 bits per heavy atom. The maximum Gasteiger partial charge on any atom is 0.490 e. The quantitative estimate of drug-likeness (QED) is 0.537. The molecule has 0 amide bonds. The zero-order valence-electron chi connectivity index (χ0n) is 19.2. The van der Waals surface area contributed by atoms with E-state index in [1.165, 1.54) is 4.88 Å². The summed E-state index contributed by atoms with van der Waals surface area (Å²) in [5, 5.41) is 14.2. The molecule has 3 atom stereocenters. The van der Waals surface area contributed by atoms with Crippen molar-refractivity contribution in [1.82, 2.24) is 14.9 Å². The summed E-state index contributed by atoms with van der Waals surface area (Å²) >= 11 is 1.75. The fraction of sp³-hybridized carbons (Fsp3) is 0.524. The summed E-state index contributed by atoms with van der Waals surface area (Å²) in [4.78, 5) is 30.2. The molecule has 2 aromatic rings. The molecule has 2 aromatic heterocycles. The van der Waals surface area contributed by atoms with Crippen LogP contribution in [0.15, 0.2) is 30.0 Å². The Morgan fingerprint density at radius 1 is 1.16 bits per heavy atom. The summed E-state index contributed by atoms with van der Waals surface area (Å²) in [6, 6.07) is 4.30. The van der Waals surface area contributed by atoms with Crippen molar-refractivity contribution in [3.05, 3.63) is 40.6 Å². The van der Waals surface area contributed by atoms with Gasteiger partial charge in [-0.2, -0.15) is 26.3 Å². The van der Waals surface area contributed by atoms with Gasteiger partial charge in [-0.25, -0.2) is 14.6 Å². The van der Waals surface area contributed by atoms with Gasteiger partial charge < -0.3 is 19.7 Å². The first-order valence-electron chi connectivity index (χ1n) is 10.6. The number of aromatic nitrogens is 2. The molecule has 2 fully saturated rings. The SMILES string of the molecule is Cc1ncsc1CN1CCO[C@H]2[C@@H](Oc3cccnc3)CC[C@@H]21.O=C(O)C(F)(F)F.O=C(O)C(F)(F)F. The van der Waals surface area contributed by atoms with Crippen LogP contribution in [0, 0.1) is 6.92 Å². The number of pyridine rings is 1. The summed E-state index contributed by atoms with van der Waals surface area (Å²) in [5.74, 6) is -4.68. The van der Waals surface area contributed by atoms with E-state index in [1.807, 2.05) is 17.6 Å². The Hall–Kier alpha value is -2.98. The molecule has 1 aliphatic carbocycles. The number of aryl methyl sites for hydroxylation is 1. The van der Waals surface area contributed by atoms with Crippen molar-refractivity contribution in [2.45, 2.75) is 56.9 Å². The van der Waals surface area contributed by atoms with Gasteiger partial charge in [0.25, 0.3) is 0 Å². The number of ether oxygens (including phenoxy) is 2. The molecule has 3 heterocycles. The number of hydrogen-bond acceptors (Lipinski definition) is 8. The molecule has 1 aliphatic heterocycles. The maximum atomic E-state index is 10.6. The third-order valence-electron chi connectivity index (χ3n) is 5.25. The van der Waals surface area contributed by atoms with Crippen LogP contribution in [0.25, 0.3) is 0 Å². The summed E-state index contributed by atoms with van der Waals surface area (Å²) in [6.45, 7) is 4.82. The highest BCUT2D eigenvalue weighted by Crippen LogP contribution is 2.34. The van der Waals surface area contributed by atoms with Crippen LogP contribution >= 0.6 is 11.3 Å². The first kappa shape index (κ1) is 30.2. The average molecular weight is 559 g/mol. The number of nitrogens with zero attached hydrogens (tertiary/aromatic N) is 3. The Kier molecular flexibility index (Phi) is 10.6. The molecule has 0 bridgehead atoms. The van der Waals surface area contributed by atoms with Crippen molar-refractivity contribution >= 4 is 23.3 Å². The third-order valence-corrected chi connectivity index (χ3v) is 6.17. The van der Waals surface area contributed by atoms with Crippen molar-refractivity contribution in [2.24, 2.45) is 0 Å². The minimum Gasteiger partial charge on any atom is -0.486 e. The van der Waals surface area contributed by atoms with Gasteiger partial charge in [-0.15, -0.1) is 11.3 Å². The molecule has 37 heavy (non-hydrogen) atoms. The average Bonchev–Trinajstić information content (AvgIpc) is 3.41. The van der Waals surface area contributed by atoms with Gasteiger partial charge in [-0.1, -0.05) is 0 Å². The number of carbonyl (C=O) groups is 2. The van der Waals surface area contributed by atoms with Crippen LogP contribution in [0.4, 0.5) is 26.3 Å². The van der Waals surface area contributed by atoms with E-state index in [4.69, 9.17) is 29.3 Å². The van der Waals surface area contributed by atoms with E-state index < -0.39 is 24.3 Å². The molecule has 2 N–H and O–H groups in total. The second-order valence-electron chi connectivity index (χ2n) is 7.76. The number of carboxylic acid groups (broad SMARTS) is 2. The second-order valence-corrected chi connectivity index (χ2v) is 8.70. The molecule has 16 heteroatoms. The summed E-state index contributed by atoms with van der Waals surface area (Å²) < 4.78 is 75.7. The van der Waals surface area contributed by atoms with Crippen molar-refractivity contribution < 1.29 is 55.6 Å². The summed E-state index contributed by atoms with van der Waals surface area (Å²) in [6.07, 6.45) is -4.21. The number of morpholine rings is 1. The lowest BCUT2D eigenvalue weighted by molar-refractivity contribution is -0.193. The van der Waals surface area contributed by atoms with Crippen LogP contribution in [0.1, 0.15) is 23.4 Å². The Morgan fingerprint density at radius 2 is 1.78 bits per heavy atom. The standard InChI is InChI=1S/C17H21N3O2S.2C2HF3O2/c1-12-16(23-11-19-12)10-20-7-8-21-17-14(20)4-5-15(17)22-13-3-2-6-18-9-13;2*3-2(4,5)1(6)7/h2-3,6,9,11,14-15,17H,4-5,7-8,10H2,1H3;2*(H,6,7)/t14-,15-,17+;;/m0../s1. The number of alkyl halides is 6. The fourth-order valence-corrected chi connectivity index (χ4v) is 4.37. The number of thiazole rings is 1. The largest absolute Gasteiger partial charge is 0.490 e. The zero-order valence-corrected chi connectivity index (χ0v) is 20.0. The van der Waals surface area contributed by atoms with Gasteiger partial charge in [0, 0.05) is 30.2 Å². The Balaban J connectivity index is 0.000000286. The van der Waals surface area contributed by atoms with Crippen molar-refractivity contribution in [2.75, 3.05) is 13.2 Å². The van der Waals surface area contributed by atoms with Gasteiger partial charge in [0.05, 0.1) is 24.0 Å². The Labute approximate surface area is 210 Å². The van der Waals surface area contributed by atoms with Crippen LogP contribution in [0.2, 0.25) is 0 Å². The van der Waals surface area contributed by atoms with Gasteiger partial charge in [0.15, 0.2) is 0 Å². The summed E-state index contributed by atoms with van der Waals surface area (Å²) in [5.41, 5.74) is 3.09. The van der Waals surface area contributed by atoms with Crippen LogP contribution < -0.4 is 4.74 Å². The molecule has 0 spiro atoms. The molecule has 0 aromatic carbocycles. The topological polar surface area (TPSA) is 122 Å². The molecule has 4 rings (SSSR count). The van der Waals surface area contributed by atoms with E-state index in [9.17, 15) is 26.3 Å². The number of halogens is 6. The zero-order chi connectivity index (χ0) is 27.8. The van der Waals surface area contributed by atoms with E-state index in [1.54, 1.807) is 23.7 Å². The number of fused-ring (bicyclic) bond motifs is 1. The molecule has 0 radical (unpaired) electrons. The molecule has 206 valence electrons. The normalized spacial score (nSPS) is 21.5. The molecular weight excluding hydrogens is 536 g/mol. The molecule has 9 nitrogen and oxygen atoms in total. The minimum absolute atomic E-state index is 0.120. The highest BCUT2D eigenvalue weighted by atomic mass is 32.1. The Bertz CT molecular complexity index is 996. The smallest absolute Gasteiger partial charge is 0.486 e. The van der Waals surface area contributed by atoms with Crippen molar-refractivity contribution in [3.8, 4) is 5.75 Å². The van der Waals surface area contributed by atoms with Crippen LogP contribution in [0.3, 0.4) is 0 Å². The number of aliphatic carboxylic acids is 2. The highest BCUT2D eigenvalue weighted by molar-refractivity contribution is 7.09. The van der Waals surface area contributed by atoms with E-state index in [0.29, 0.717) is 6.04 Å². The van der Waals surface area contributed by atoms with Gasteiger partial charge in [-0.05, 0) is 31.9 Å². The second kappa shape index (κ2) is 13.0. The van der Waals surface area contributed by atoms with Crippen molar-refractivity contribution in [3.63, 3.8) is 0 Å². The van der Waals surface area contributed by atoms with Gasteiger partial charge in [0.2, 0.25) is 0 Å². The molecule has 1 saturated carbocycles. The molecular formula is C21H23F6N3O6S. The first-order valence-corrected chi connectivity index (χ1v) is 11.5. The van der Waals surface area contributed by atoms with Crippen LogP contribution in [0.5, 0.6) is 5.75 Å². The van der Waals surface area contributed by atoms with Crippen LogP contribution in [-0.4, -0.2) is 80.8 Å². The van der Waals surface area contributed by atoms with E-state index in [0.717, 1.165) is 44.0 Å². The third kappa shape index (κ3) is 9.44. The predicted molar refractivity (Wildman–Crippen MR) is 116 cm³/mol. The van der Waals surface area contributed by atoms with Gasteiger partial charge in [0.1, 0.15) is 18.0 Å². The van der Waals surface area contributed by atoms with E-state index in [-0.39, 0.29) is 12.2 Å². The van der Waals surface area contributed by atoms with Gasteiger partial charge >= 0.3 is 24.3 Å². The number of hydrogen-bond donors (Lipinski definition) is 2. The number of carboxylic acids is 2. The van der Waals surface area contributed by atoms with E-state index in [2.05, 4.69) is 21.8 Å². The lowest BCUT2D eigenvalue weighted by Crippen LogP contribution is -2.51. The monoisotopic (exact) mass is 559 g/mol. The predicted octanol–water partition coefficient (Wildman–Crippen LogP) is 3.92. The van der Waals surface area contributed by atoms with Crippen molar-refractivity contribution in [1.29, 1.82) is 0 Å². The highest BCUT2D eigenvalue weighted by Gasteiger charge is 2.44. The first-order chi connectivity index (χ1) is 17.2. The fourth-order valence-electron chi connectivity index (χ4n) is 3.57.